The van der Waals surface area contributed by atoms with Gasteiger partial charge in [-0.25, -0.2) is 0 Å². The quantitative estimate of drug-likeness (QED) is 0.480. The Morgan fingerprint density at radius 1 is 1.11 bits per heavy atom. The number of halogens is 1. The summed E-state index contributed by atoms with van der Waals surface area (Å²) < 4.78 is 3.06. The zero-order valence-corrected chi connectivity index (χ0v) is 16.4. The van der Waals surface area contributed by atoms with Crippen LogP contribution in [0.5, 0.6) is 0 Å². The largest absolute Gasteiger partial charge is 0.350 e. The van der Waals surface area contributed by atoms with Crippen LogP contribution in [0.3, 0.4) is 0 Å². The molecule has 0 radical (unpaired) electrons. The monoisotopic (exact) mass is 419 g/mol. The lowest BCUT2D eigenvalue weighted by molar-refractivity contribution is 0.102. The Hall–Kier alpha value is -2.92. The summed E-state index contributed by atoms with van der Waals surface area (Å²) in [4.78, 5) is 17.1. The standard InChI is InChI=1S/C22H18BrN3O/c1-15-20(25-22(27)17-4-7-19(23)8-5-17)9-6-18-12-16(13-24-21(15)18)14-26-10-2-3-11-26/h2-13H,14H2,1H3,(H,25,27). The van der Waals surface area contributed by atoms with Crippen LogP contribution < -0.4 is 5.32 Å². The lowest BCUT2D eigenvalue weighted by Crippen LogP contribution is -2.12. The molecule has 4 aromatic rings. The number of pyridine rings is 1. The lowest BCUT2D eigenvalue weighted by atomic mass is 10.1. The van der Waals surface area contributed by atoms with Gasteiger partial charge in [0.05, 0.1) is 5.52 Å². The van der Waals surface area contributed by atoms with E-state index in [9.17, 15) is 4.79 Å². The molecule has 0 fully saturated rings. The van der Waals surface area contributed by atoms with Crippen LogP contribution in [0.1, 0.15) is 21.5 Å². The first kappa shape index (κ1) is 17.5. The van der Waals surface area contributed by atoms with Gasteiger partial charge in [-0.05, 0) is 66.6 Å². The Morgan fingerprint density at radius 3 is 2.59 bits per heavy atom. The maximum Gasteiger partial charge on any atom is 0.255 e. The minimum atomic E-state index is -0.130. The topological polar surface area (TPSA) is 46.9 Å². The molecule has 0 bridgehead atoms. The third-order valence-electron chi connectivity index (χ3n) is 4.55. The Balaban J connectivity index is 1.60. The summed E-state index contributed by atoms with van der Waals surface area (Å²) in [5.74, 6) is -0.130. The highest BCUT2D eigenvalue weighted by Gasteiger charge is 2.11. The molecule has 0 aliphatic rings. The second-order valence-corrected chi connectivity index (χ2v) is 7.39. The van der Waals surface area contributed by atoms with Crippen molar-refractivity contribution in [3.63, 3.8) is 0 Å². The molecule has 1 N–H and O–H groups in total. The number of aromatic nitrogens is 2. The average molecular weight is 420 g/mol. The molecule has 0 saturated carbocycles. The summed E-state index contributed by atoms with van der Waals surface area (Å²) in [6.45, 7) is 2.77. The SMILES string of the molecule is Cc1c(NC(=O)c2ccc(Br)cc2)ccc2cc(Cn3cccc3)cnc12. The van der Waals surface area contributed by atoms with Gasteiger partial charge < -0.3 is 9.88 Å². The molecule has 0 unspecified atom stereocenters. The minimum absolute atomic E-state index is 0.130. The summed E-state index contributed by atoms with van der Waals surface area (Å²) in [5.41, 5.74) is 4.41. The van der Waals surface area contributed by atoms with Crippen molar-refractivity contribution in [2.24, 2.45) is 0 Å². The highest BCUT2D eigenvalue weighted by atomic mass is 79.9. The molecule has 0 aliphatic carbocycles. The molecule has 0 spiro atoms. The van der Waals surface area contributed by atoms with E-state index in [1.165, 1.54) is 0 Å². The third-order valence-corrected chi connectivity index (χ3v) is 5.08. The number of fused-ring (bicyclic) bond motifs is 1. The van der Waals surface area contributed by atoms with Gasteiger partial charge >= 0.3 is 0 Å². The number of carbonyl (C=O) groups excluding carboxylic acids is 1. The van der Waals surface area contributed by atoms with Crippen LogP contribution >= 0.6 is 15.9 Å². The predicted molar refractivity (Wildman–Crippen MR) is 112 cm³/mol. The lowest BCUT2D eigenvalue weighted by Gasteiger charge is -2.12. The number of carbonyl (C=O) groups is 1. The molecule has 27 heavy (non-hydrogen) atoms. The molecule has 4 nitrogen and oxygen atoms in total. The summed E-state index contributed by atoms with van der Waals surface area (Å²) in [5, 5.41) is 4.06. The van der Waals surface area contributed by atoms with Crippen molar-refractivity contribution < 1.29 is 4.79 Å². The molecule has 5 heteroatoms. The van der Waals surface area contributed by atoms with Gasteiger partial charge in [0.25, 0.3) is 5.91 Å². The Labute approximate surface area is 166 Å². The summed E-state index contributed by atoms with van der Waals surface area (Å²) >= 11 is 3.38. The normalized spacial score (nSPS) is 10.9. The van der Waals surface area contributed by atoms with Gasteiger partial charge in [-0.1, -0.05) is 22.0 Å². The van der Waals surface area contributed by atoms with Gasteiger partial charge in [0, 0.05) is 46.2 Å². The van der Waals surface area contributed by atoms with E-state index in [-0.39, 0.29) is 5.91 Å². The van der Waals surface area contributed by atoms with Crippen LogP contribution in [-0.4, -0.2) is 15.5 Å². The van der Waals surface area contributed by atoms with E-state index in [0.717, 1.165) is 38.7 Å². The highest BCUT2D eigenvalue weighted by molar-refractivity contribution is 9.10. The van der Waals surface area contributed by atoms with E-state index in [2.05, 4.69) is 36.9 Å². The number of benzene rings is 2. The molecule has 2 aromatic heterocycles. The zero-order chi connectivity index (χ0) is 18.8. The van der Waals surface area contributed by atoms with E-state index < -0.39 is 0 Å². The Kier molecular flexibility index (Phi) is 4.77. The van der Waals surface area contributed by atoms with Gasteiger partial charge in [0.2, 0.25) is 0 Å². The van der Waals surface area contributed by atoms with E-state index in [1.807, 2.05) is 61.9 Å². The van der Waals surface area contributed by atoms with Crippen LogP contribution in [0.4, 0.5) is 5.69 Å². The molecular weight excluding hydrogens is 402 g/mol. The molecule has 2 heterocycles. The number of anilines is 1. The number of amides is 1. The third kappa shape index (κ3) is 3.78. The maximum absolute atomic E-state index is 12.5. The van der Waals surface area contributed by atoms with Crippen LogP contribution in [-0.2, 0) is 6.54 Å². The van der Waals surface area contributed by atoms with Crippen molar-refractivity contribution in [2.75, 3.05) is 5.32 Å². The minimum Gasteiger partial charge on any atom is -0.350 e. The van der Waals surface area contributed by atoms with Crippen molar-refractivity contribution >= 4 is 38.4 Å². The first-order valence-corrected chi connectivity index (χ1v) is 9.45. The Bertz CT molecular complexity index is 1100. The van der Waals surface area contributed by atoms with Crippen molar-refractivity contribution in [2.45, 2.75) is 13.5 Å². The molecule has 0 aliphatic heterocycles. The number of rotatable bonds is 4. The van der Waals surface area contributed by atoms with Gasteiger partial charge in [0.15, 0.2) is 0 Å². The molecule has 1 amide bonds. The summed E-state index contributed by atoms with van der Waals surface area (Å²) in [6, 6.07) is 17.4. The van der Waals surface area contributed by atoms with Crippen molar-refractivity contribution in [3.8, 4) is 0 Å². The first-order chi connectivity index (χ1) is 13.1. The number of aryl methyl sites for hydroxylation is 1. The molecule has 4 rings (SSSR count). The zero-order valence-electron chi connectivity index (χ0n) is 14.8. The van der Waals surface area contributed by atoms with Gasteiger partial charge in [-0.2, -0.15) is 0 Å². The molecular formula is C22H18BrN3O. The van der Waals surface area contributed by atoms with E-state index in [4.69, 9.17) is 0 Å². The summed E-state index contributed by atoms with van der Waals surface area (Å²) in [7, 11) is 0. The van der Waals surface area contributed by atoms with E-state index in [0.29, 0.717) is 5.56 Å². The smallest absolute Gasteiger partial charge is 0.255 e. The number of hydrogen-bond acceptors (Lipinski definition) is 2. The van der Waals surface area contributed by atoms with E-state index in [1.54, 1.807) is 12.1 Å². The van der Waals surface area contributed by atoms with Crippen molar-refractivity contribution in [1.82, 2.24) is 9.55 Å². The van der Waals surface area contributed by atoms with Gasteiger partial charge in [-0.3, -0.25) is 9.78 Å². The van der Waals surface area contributed by atoms with Crippen LogP contribution in [0, 0.1) is 6.92 Å². The maximum atomic E-state index is 12.5. The second-order valence-electron chi connectivity index (χ2n) is 6.47. The van der Waals surface area contributed by atoms with Crippen LogP contribution in [0.25, 0.3) is 10.9 Å². The number of nitrogens with zero attached hydrogens (tertiary/aromatic N) is 2. The fraction of sp³-hybridized carbons (Fsp3) is 0.0909. The molecule has 2 aromatic carbocycles. The highest BCUT2D eigenvalue weighted by Crippen LogP contribution is 2.25. The van der Waals surface area contributed by atoms with Crippen molar-refractivity contribution in [3.05, 3.63) is 94.4 Å². The Morgan fingerprint density at radius 2 is 1.85 bits per heavy atom. The number of nitrogens with one attached hydrogen (secondary N) is 1. The summed E-state index contributed by atoms with van der Waals surface area (Å²) in [6.07, 6.45) is 5.97. The molecule has 0 saturated heterocycles. The average Bonchev–Trinajstić information content (AvgIpc) is 3.17. The predicted octanol–water partition coefficient (Wildman–Crippen LogP) is 5.41. The van der Waals surface area contributed by atoms with Crippen LogP contribution in [0.15, 0.2) is 77.7 Å². The second kappa shape index (κ2) is 7.37. The van der Waals surface area contributed by atoms with Crippen LogP contribution in [0.2, 0.25) is 0 Å². The first-order valence-electron chi connectivity index (χ1n) is 8.66. The van der Waals surface area contributed by atoms with Gasteiger partial charge in [-0.15, -0.1) is 0 Å². The fourth-order valence-electron chi connectivity index (χ4n) is 3.10. The van der Waals surface area contributed by atoms with E-state index >= 15 is 0 Å². The van der Waals surface area contributed by atoms with Crippen molar-refractivity contribution in [1.29, 1.82) is 0 Å². The number of hydrogen-bond donors (Lipinski definition) is 1. The fourth-order valence-corrected chi connectivity index (χ4v) is 3.36. The molecule has 134 valence electrons. The molecule has 0 atom stereocenters. The van der Waals surface area contributed by atoms with Gasteiger partial charge in [0.1, 0.15) is 0 Å².